The fourth-order valence-electron chi connectivity index (χ4n) is 3.81. The summed E-state index contributed by atoms with van der Waals surface area (Å²) in [5.41, 5.74) is 10.0. The Balaban J connectivity index is 0.000000668. The fraction of sp³-hybridized carbons (Fsp3) is 0.324. The van der Waals surface area contributed by atoms with Crippen LogP contribution in [0.25, 0.3) is 11.1 Å². The van der Waals surface area contributed by atoms with Gasteiger partial charge in [-0.3, -0.25) is 6.08 Å². The molecule has 0 aliphatic heterocycles. The van der Waals surface area contributed by atoms with Crippen LogP contribution in [0.5, 0.6) is 0 Å². The van der Waals surface area contributed by atoms with Crippen LogP contribution in [0.15, 0.2) is 72.8 Å². The molecule has 0 atom stereocenters. The van der Waals surface area contributed by atoms with E-state index in [9.17, 15) is 0 Å². The van der Waals surface area contributed by atoms with E-state index in [0.29, 0.717) is 0 Å². The molecule has 0 saturated carbocycles. The van der Waals surface area contributed by atoms with Crippen LogP contribution in [-0.2, 0) is 41.5 Å². The van der Waals surface area contributed by atoms with Crippen molar-refractivity contribution < 1.29 is 24.2 Å². The summed E-state index contributed by atoms with van der Waals surface area (Å²) in [5.74, 6) is 0. The summed E-state index contributed by atoms with van der Waals surface area (Å²) >= 11 is 1.30. The quantitative estimate of drug-likeness (QED) is 0.174. The molecule has 2 aliphatic carbocycles. The number of aryl methyl sites for hydroxylation is 1. The molecule has 3 aromatic rings. The number of halogens is 2. The van der Waals surface area contributed by atoms with E-state index in [1.165, 1.54) is 63.2 Å². The Hall–Kier alpha value is -1.53. The molecule has 198 valence electrons. The van der Waals surface area contributed by atoms with E-state index in [4.69, 9.17) is 0 Å². The van der Waals surface area contributed by atoms with Gasteiger partial charge in [-0.15, -0.1) is 36.8 Å². The molecule has 0 unspecified atom stereocenters. The molecule has 0 fully saturated rings. The first-order valence-corrected chi connectivity index (χ1v) is 14.0. The molecule has 0 radical (unpaired) electrons. The summed E-state index contributed by atoms with van der Waals surface area (Å²) in [6.07, 6.45) is 11.0. The van der Waals surface area contributed by atoms with E-state index in [0.717, 1.165) is 12.8 Å². The molecule has 3 heteroatoms. The fourth-order valence-corrected chi connectivity index (χ4v) is 3.81. The molecule has 0 saturated heterocycles. The van der Waals surface area contributed by atoms with E-state index in [1.807, 2.05) is 30.4 Å². The third kappa shape index (κ3) is 11.0. The van der Waals surface area contributed by atoms with E-state index in [2.05, 4.69) is 113 Å². The van der Waals surface area contributed by atoms with Gasteiger partial charge >= 0.3 is 28.4 Å². The predicted molar refractivity (Wildman–Crippen MR) is 164 cm³/mol. The molecule has 5 rings (SSSR count). The molecule has 0 N–H and O–H groups in total. The summed E-state index contributed by atoms with van der Waals surface area (Å²) in [6.45, 7) is 15.7. The summed E-state index contributed by atoms with van der Waals surface area (Å²) < 4.78 is 3.34. The van der Waals surface area contributed by atoms with Crippen LogP contribution < -0.4 is 0 Å². The summed E-state index contributed by atoms with van der Waals surface area (Å²) in [6, 6.07) is 25.9. The molecule has 37 heavy (non-hydrogen) atoms. The van der Waals surface area contributed by atoms with Crippen LogP contribution in [0.4, 0.5) is 0 Å². The molecular formula is C34H41Cl2Zr-3. The zero-order valence-corrected chi connectivity index (χ0v) is 27.5. The van der Waals surface area contributed by atoms with Gasteiger partial charge in [0.15, 0.2) is 0 Å². The second-order valence-corrected chi connectivity index (χ2v) is 10.9. The van der Waals surface area contributed by atoms with Gasteiger partial charge in [-0.1, -0.05) is 83.2 Å². The van der Waals surface area contributed by atoms with E-state index in [1.54, 1.807) is 0 Å². The van der Waals surface area contributed by atoms with Crippen molar-refractivity contribution in [2.24, 2.45) is 0 Å². The second-order valence-electron chi connectivity index (χ2n) is 10.9. The van der Waals surface area contributed by atoms with Crippen molar-refractivity contribution in [2.75, 3.05) is 0 Å². The van der Waals surface area contributed by atoms with Crippen LogP contribution in [0, 0.1) is 25.1 Å². The molecule has 0 amide bonds. The minimum absolute atomic E-state index is 0. The normalized spacial score (nSPS) is 12.1. The van der Waals surface area contributed by atoms with Gasteiger partial charge in [0.25, 0.3) is 0 Å². The standard InChI is InChI=1S/C21H25.C7H7.C5H5.CH2.2ClH.Zr/c1-20(2,3)16-9-7-14-11-15-8-10-17(21(4,5)6)13-19(15)18(14)12-16;1-7-5-3-2-4-6-7;1-2-4-5-3-1;;;;/h7,9-10,12-13H,11H2,1-6H3;2-3,5-6H,1H3;1-3H,4H2;1H2;2*1H;/q3*-1;;;;. The molecule has 0 heterocycles. The summed E-state index contributed by atoms with van der Waals surface area (Å²) in [7, 11) is 0. The van der Waals surface area contributed by atoms with Crippen molar-refractivity contribution in [3.8, 4) is 11.1 Å². The average Bonchev–Trinajstić information content (AvgIpc) is 3.51. The van der Waals surface area contributed by atoms with Crippen molar-refractivity contribution in [2.45, 2.75) is 72.1 Å². The van der Waals surface area contributed by atoms with Crippen LogP contribution in [0.2, 0.25) is 0 Å². The molecule has 0 spiro atoms. The SMILES string of the molecule is CC(C)(C)c1c[c-]c2c(c1)-c1cc(C(C)(C)C)ccc1C2.Cc1c[c-]ccc1.Cl.Cl.[C-]1=CC=CC1.[CH2]=[Zr]. The Bertz CT molecular complexity index is 1080. The first kappa shape index (κ1) is 35.5. The maximum absolute atomic E-state index is 3.53. The first-order chi connectivity index (χ1) is 16.6. The third-order valence-electron chi connectivity index (χ3n) is 5.97. The van der Waals surface area contributed by atoms with Gasteiger partial charge in [-0.25, -0.2) is 12.2 Å². The minimum atomic E-state index is 0. The zero-order valence-electron chi connectivity index (χ0n) is 23.4. The number of rotatable bonds is 0. The molecule has 2 aliphatic rings. The first-order valence-electron chi connectivity index (χ1n) is 12.2. The Morgan fingerprint density at radius 1 is 0.838 bits per heavy atom. The molecule has 0 nitrogen and oxygen atoms in total. The maximum atomic E-state index is 3.53. The predicted octanol–water partition coefficient (Wildman–Crippen LogP) is 9.56. The number of fused-ring (bicyclic) bond motifs is 3. The topological polar surface area (TPSA) is 0 Å². The molecule has 0 bridgehead atoms. The van der Waals surface area contributed by atoms with Crippen LogP contribution in [0.1, 0.15) is 75.8 Å². The Morgan fingerprint density at radius 2 is 1.49 bits per heavy atom. The van der Waals surface area contributed by atoms with E-state index < -0.39 is 0 Å². The van der Waals surface area contributed by atoms with E-state index >= 15 is 0 Å². The van der Waals surface area contributed by atoms with Crippen molar-refractivity contribution >= 4 is 29.0 Å². The van der Waals surface area contributed by atoms with E-state index in [-0.39, 0.29) is 35.6 Å². The number of allylic oxidation sites excluding steroid dienone is 4. The van der Waals surface area contributed by atoms with Crippen molar-refractivity contribution in [3.63, 3.8) is 0 Å². The van der Waals surface area contributed by atoms with Gasteiger partial charge < -0.3 is 0 Å². The number of hydrogen-bond donors (Lipinski definition) is 0. The summed E-state index contributed by atoms with van der Waals surface area (Å²) in [4.78, 5) is 0. The van der Waals surface area contributed by atoms with Crippen molar-refractivity contribution in [3.05, 3.63) is 119 Å². The van der Waals surface area contributed by atoms with Gasteiger partial charge in [-0.05, 0) is 17.4 Å². The van der Waals surface area contributed by atoms with Crippen LogP contribution >= 0.6 is 24.8 Å². The molecule has 3 aromatic carbocycles. The molecular weight excluding hydrogens is 571 g/mol. The van der Waals surface area contributed by atoms with Gasteiger partial charge in [-0.2, -0.15) is 71.3 Å². The Labute approximate surface area is 253 Å². The monoisotopic (exact) mass is 609 g/mol. The van der Waals surface area contributed by atoms with Crippen LogP contribution in [-0.4, -0.2) is 4.21 Å². The van der Waals surface area contributed by atoms with Crippen LogP contribution in [0.3, 0.4) is 0 Å². The van der Waals surface area contributed by atoms with Gasteiger partial charge in [0.05, 0.1) is 0 Å². The Morgan fingerprint density at radius 3 is 1.92 bits per heavy atom. The van der Waals surface area contributed by atoms with Crippen molar-refractivity contribution in [1.82, 2.24) is 0 Å². The third-order valence-corrected chi connectivity index (χ3v) is 5.97. The second kappa shape index (κ2) is 16.4. The Kier molecular flexibility index (Phi) is 15.8. The van der Waals surface area contributed by atoms with Gasteiger partial charge in [0.1, 0.15) is 0 Å². The van der Waals surface area contributed by atoms with Gasteiger partial charge in [0.2, 0.25) is 0 Å². The average molecular weight is 612 g/mol. The van der Waals surface area contributed by atoms with Gasteiger partial charge in [0, 0.05) is 0 Å². The number of benzene rings is 3. The zero-order chi connectivity index (χ0) is 26.1. The van der Waals surface area contributed by atoms with Crippen molar-refractivity contribution in [1.29, 1.82) is 0 Å². The molecule has 0 aromatic heterocycles. The number of hydrogen-bond acceptors (Lipinski definition) is 0. The summed E-state index contributed by atoms with van der Waals surface area (Å²) in [5, 5.41) is 0.